The number of nitrogens with zero attached hydrogens (tertiary/aromatic N) is 1. The normalized spacial score (nSPS) is 16.9. The van der Waals surface area contributed by atoms with Crippen LogP contribution in [0.3, 0.4) is 0 Å². The molecule has 0 amide bonds. The van der Waals surface area contributed by atoms with E-state index in [0.29, 0.717) is 0 Å². The summed E-state index contributed by atoms with van der Waals surface area (Å²) in [5.41, 5.74) is 2.02. The van der Waals surface area contributed by atoms with E-state index in [4.69, 9.17) is 0 Å². The number of fused-ring (bicyclic) bond motifs is 1. The van der Waals surface area contributed by atoms with E-state index in [0.717, 1.165) is 28.9 Å². The van der Waals surface area contributed by atoms with E-state index in [-0.39, 0.29) is 0 Å². The Kier molecular flexibility index (Phi) is 2.62. The van der Waals surface area contributed by atoms with Gasteiger partial charge in [-0.15, -0.1) is 0 Å². The fourth-order valence-electron chi connectivity index (χ4n) is 2.50. The predicted octanol–water partition coefficient (Wildman–Crippen LogP) is 3.24. The van der Waals surface area contributed by atoms with Gasteiger partial charge in [0, 0.05) is 12.7 Å². The SMILES string of the molecule is CC(C(=O)O)c1cccc2ccn(CC3CC3)c12. The number of rotatable bonds is 4. The Morgan fingerprint density at radius 3 is 2.89 bits per heavy atom. The summed E-state index contributed by atoms with van der Waals surface area (Å²) in [6.45, 7) is 2.78. The monoisotopic (exact) mass is 243 g/mol. The molecule has 1 heterocycles. The fraction of sp³-hybridized carbons (Fsp3) is 0.400. The number of aromatic nitrogens is 1. The molecule has 3 nitrogen and oxygen atoms in total. The largest absolute Gasteiger partial charge is 0.481 e. The highest BCUT2D eigenvalue weighted by atomic mass is 16.4. The van der Waals surface area contributed by atoms with E-state index in [2.05, 4.69) is 22.9 Å². The van der Waals surface area contributed by atoms with Crippen LogP contribution in [-0.4, -0.2) is 15.6 Å². The number of carbonyl (C=O) groups is 1. The summed E-state index contributed by atoms with van der Waals surface area (Å²) >= 11 is 0. The molecule has 3 heteroatoms. The van der Waals surface area contributed by atoms with Crippen LogP contribution >= 0.6 is 0 Å². The summed E-state index contributed by atoms with van der Waals surface area (Å²) in [6, 6.07) is 8.01. The van der Waals surface area contributed by atoms with Crippen molar-refractivity contribution >= 4 is 16.9 Å². The molecule has 1 unspecified atom stereocenters. The van der Waals surface area contributed by atoms with Gasteiger partial charge in [0.05, 0.1) is 11.4 Å². The van der Waals surface area contributed by atoms with Gasteiger partial charge in [-0.3, -0.25) is 4.79 Å². The number of carboxylic acid groups (broad SMARTS) is 1. The molecule has 94 valence electrons. The maximum Gasteiger partial charge on any atom is 0.310 e. The third kappa shape index (κ3) is 1.90. The molecule has 1 aromatic heterocycles. The first-order valence-electron chi connectivity index (χ1n) is 6.47. The smallest absolute Gasteiger partial charge is 0.310 e. The quantitative estimate of drug-likeness (QED) is 0.895. The molecule has 18 heavy (non-hydrogen) atoms. The summed E-state index contributed by atoms with van der Waals surface area (Å²) in [4.78, 5) is 11.2. The summed E-state index contributed by atoms with van der Waals surface area (Å²) in [5.74, 6) is -0.433. The van der Waals surface area contributed by atoms with Gasteiger partial charge in [-0.2, -0.15) is 0 Å². The summed E-state index contributed by atoms with van der Waals surface area (Å²) in [7, 11) is 0. The maximum absolute atomic E-state index is 11.2. The first kappa shape index (κ1) is 11.3. The lowest BCUT2D eigenvalue weighted by Crippen LogP contribution is -2.10. The van der Waals surface area contributed by atoms with Gasteiger partial charge in [-0.1, -0.05) is 18.2 Å². The lowest BCUT2D eigenvalue weighted by Gasteiger charge is -2.12. The highest BCUT2D eigenvalue weighted by molar-refractivity contribution is 5.88. The van der Waals surface area contributed by atoms with Gasteiger partial charge in [-0.25, -0.2) is 0 Å². The van der Waals surface area contributed by atoms with Crippen LogP contribution in [0.1, 0.15) is 31.2 Å². The second kappa shape index (κ2) is 4.16. The second-order valence-electron chi connectivity index (χ2n) is 5.26. The predicted molar refractivity (Wildman–Crippen MR) is 70.7 cm³/mol. The molecule has 1 aromatic carbocycles. The fourth-order valence-corrected chi connectivity index (χ4v) is 2.50. The lowest BCUT2D eigenvalue weighted by atomic mass is 9.99. The Hall–Kier alpha value is -1.77. The molecule has 1 atom stereocenters. The first-order valence-corrected chi connectivity index (χ1v) is 6.47. The van der Waals surface area contributed by atoms with Crippen molar-refractivity contribution in [3.8, 4) is 0 Å². The van der Waals surface area contributed by atoms with E-state index < -0.39 is 11.9 Å². The molecule has 1 aliphatic carbocycles. The minimum Gasteiger partial charge on any atom is -0.481 e. The Bertz CT molecular complexity index is 596. The minimum absolute atomic E-state index is 0.457. The molecule has 0 saturated heterocycles. The Morgan fingerprint density at radius 2 is 2.22 bits per heavy atom. The molecule has 0 radical (unpaired) electrons. The summed E-state index contributed by atoms with van der Waals surface area (Å²) in [5, 5.41) is 10.3. The van der Waals surface area contributed by atoms with E-state index in [1.807, 2.05) is 12.1 Å². The Labute approximate surface area is 106 Å². The lowest BCUT2D eigenvalue weighted by molar-refractivity contribution is -0.138. The maximum atomic E-state index is 11.2. The third-order valence-corrected chi connectivity index (χ3v) is 3.81. The highest BCUT2D eigenvalue weighted by Gasteiger charge is 2.24. The van der Waals surface area contributed by atoms with Crippen molar-refractivity contribution in [3.63, 3.8) is 0 Å². The zero-order chi connectivity index (χ0) is 12.7. The van der Waals surface area contributed by atoms with Crippen molar-refractivity contribution in [2.45, 2.75) is 32.2 Å². The van der Waals surface area contributed by atoms with Gasteiger partial charge in [0.15, 0.2) is 0 Å². The van der Waals surface area contributed by atoms with Crippen molar-refractivity contribution in [2.24, 2.45) is 5.92 Å². The summed E-state index contributed by atoms with van der Waals surface area (Å²) < 4.78 is 2.22. The number of para-hydroxylation sites is 1. The molecule has 1 aliphatic rings. The average Bonchev–Trinajstić information content (AvgIpc) is 3.08. The Balaban J connectivity index is 2.11. The van der Waals surface area contributed by atoms with E-state index >= 15 is 0 Å². The standard InChI is InChI=1S/C15H17NO2/c1-10(15(17)18)13-4-2-3-12-7-8-16(14(12)13)9-11-5-6-11/h2-4,7-8,10-11H,5-6,9H2,1H3,(H,17,18). The highest BCUT2D eigenvalue weighted by Crippen LogP contribution is 2.34. The molecule has 1 fully saturated rings. The van der Waals surface area contributed by atoms with Crippen LogP contribution in [0.2, 0.25) is 0 Å². The van der Waals surface area contributed by atoms with Crippen molar-refractivity contribution in [1.29, 1.82) is 0 Å². The molecular weight excluding hydrogens is 226 g/mol. The van der Waals surface area contributed by atoms with Crippen molar-refractivity contribution in [2.75, 3.05) is 0 Å². The summed E-state index contributed by atoms with van der Waals surface area (Å²) in [6.07, 6.45) is 4.69. The van der Waals surface area contributed by atoms with E-state index in [1.165, 1.54) is 12.8 Å². The topological polar surface area (TPSA) is 42.2 Å². The van der Waals surface area contributed by atoms with Gasteiger partial charge < -0.3 is 9.67 Å². The van der Waals surface area contributed by atoms with E-state index in [9.17, 15) is 9.90 Å². The van der Waals surface area contributed by atoms with Crippen molar-refractivity contribution in [1.82, 2.24) is 4.57 Å². The first-order chi connectivity index (χ1) is 8.66. The van der Waals surface area contributed by atoms with Gasteiger partial charge in [-0.05, 0) is 42.7 Å². The zero-order valence-corrected chi connectivity index (χ0v) is 10.5. The van der Waals surface area contributed by atoms with Crippen LogP contribution in [0.25, 0.3) is 10.9 Å². The van der Waals surface area contributed by atoms with Gasteiger partial charge in [0.25, 0.3) is 0 Å². The van der Waals surface area contributed by atoms with Crippen LogP contribution in [0, 0.1) is 5.92 Å². The Morgan fingerprint density at radius 1 is 1.44 bits per heavy atom. The van der Waals surface area contributed by atoms with E-state index in [1.54, 1.807) is 6.92 Å². The molecule has 3 rings (SSSR count). The van der Waals surface area contributed by atoms with Crippen LogP contribution in [0.4, 0.5) is 0 Å². The number of hydrogen-bond donors (Lipinski definition) is 1. The number of hydrogen-bond acceptors (Lipinski definition) is 1. The van der Waals surface area contributed by atoms with Gasteiger partial charge in [0.1, 0.15) is 0 Å². The van der Waals surface area contributed by atoms with Gasteiger partial charge in [0.2, 0.25) is 0 Å². The molecule has 1 saturated carbocycles. The molecule has 2 aromatic rings. The number of aliphatic carboxylic acids is 1. The third-order valence-electron chi connectivity index (χ3n) is 3.81. The number of carboxylic acids is 1. The molecule has 0 aliphatic heterocycles. The minimum atomic E-state index is -0.762. The van der Waals surface area contributed by atoms with Crippen LogP contribution in [-0.2, 0) is 11.3 Å². The molecule has 0 spiro atoms. The van der Waals surface area contributed by atoms with Crippen molar-refractivity contribution in [3.05, 3.63) is 36.0 Å². The molecule has 0 bridgehead atoms. The van der Waals surface area contributed by atoms with Crippen molar-refractivity contribution < 1.29 is 9.90 Å². The second-order valence-corrected chi connectivity index (χ2v) is 5.26. The zero-order valence-electron chi connectivity index (χ0n) is 10.5. The molecule has 1 N–H and O–H groups in total. The average molecular weight is 243 g/mol. The van der Waals surface area contributed by atoms with Crippen LogP contribution in [0.5, 0.6) is 0 Å². The molecular formula is C15H17NO2. The van der Waals surface area contributed by atoms with Crippen LogP contribution in [0.15, 0.2) is 30.5 Å². The van der Waals surface area contributed by atoms with Gasteiger partial charge >= 0.3 is 5.97 Å². The van der Waals surface area contributed by atoms with Crippen LogP contribution < -0.4 is 0 Å². The number of benzene rings is 1.